The van der Waals surface area contributed by atoms with Crippen molar-refractivity contribution in [3.05, 3.63) is 54.1 Å². The van der Waals surface area contributed by atoms with Gasteiger partial charge in [0.05, 0.1) is 11.4 Å². The van der Waals surface area contributed by atoms with Crippen LogP contribution in [0.5, 0.6) is 5.75 Å². The van der Waals surface area contributed by atoms with Crippen LogP contribution in [0.15, 0.2) is 48.5 Å². The van der Waals surface area contributed by atoms with Crippen LogP contribution in [0.25, 0.3) is 0 Å². The van der Waals surface area contributed by atoms with Crippen molar-refractivity contribution in [2.75, 3.05) is 30.7 Å². The SMILES string of the molecule is CC(C)CN1CCC(Oc2ccc(C(=O)Nc3ccccc3N)cc2)C1. The van der Waals surface area contributed by atoms with Crippen molar-refractivity contribution in [1.82, 2.24) is 4.90 Å². The van der Waals surface area contributed by atoms with E-state index in [4.69, 9.17) is 10.5 Å². The van der Waals surface area contributed by atoms with E-state index in [1.165, 1.54) is 0 Å². The number of nitrogens with zero attached hydrogens (tertiary/aromatic N) is 1. The normalized spacial score (nSPS) is 17.4. The molecule has 1 heterocycles. The number of para-hydroxylation sites is 2. The number of hydrogen-bond acceptors (Lipinski definition) is 4. The molecule has 5 nitrogen and oxygen atoms in total. The fraction of sp³-hybridized carbons (Fsp3) is 0.381. The minimum Gasteiger partial charge on any atom is -0.489 e. The van der Waals surface area contributed by atoms with Gasteiger partial charge in [0.2, 0.25) is 0 Å². The lowest BCUT2D eigenvalue weighted by Crippen LogP contribution is -2.28. The maximum absolute atomic E-state index is 12.4. The fourth-order valence-corrected chi connectivity index (χ4v) is 3.26. The van der Waals surface area contributed by atoms with Gasteiger partial charge in [-0.2, -0.15) is 0 Å². The van der Waals surface area contributed by atoms with E-state index in [1.54, 1.807) is 24.3 Å². The van der Waals surface area contributed by atoms with Crippen LogP contribution in [0, 0.1) is 5.92 Å². The lowest BCUT2D eigenvalue weighted by Gasteiger charge is -2.18. The maximum atomic E-state index is 12.4. The number of rotatable bonds is 6. The molecule has 1 atom stereocenters. The molecule has 3 rings (SSSR count). The number of nitrogens with one attached hydrogen (secondary N) is 1. The van der Waals surface area contributed by atoms with Crippen LogP contribution < -0.4 is 15.8 Å². The maximum Gasteiger partial charge on any atom is 0.255 e. The number of likely N-dealkylation sites (tertiary alicyclic amines) is 1. The van der Waals surface area contributed by atoms with Crippen molar-refractivity contribution >= 4 is 17.3 Å². The molecule has 0 radical (unpaired) electrons. The summed E-state index contributed by atoms with van der Waals surface area (Å²) in [4.78, 5) is 14.8. The molecule has 0 bridgehead atoms. The Balaban J connectivity index is 1.55. The average Bonchev–Trinajstić information content (AvgIpc) is 3.03. The largest absolute Gasteiger partial charge is 0.489 e. The number of amides is 1. The standard InChI is InChI=1S/C21H27N3O2/c1-15(2)13-24-12-11-18(14-24)26-17-9-7-16(8-10-17)21(25)23-20-6-4-3-5-19(20)22/h3-10,15,18H,11-14,22H2,1-2H3,(H,23,25). The van der Waals surface area contributed by atoms with E-state index in [9.17, 15) is 4.79 Å². The highest BCUT2D eigenvalue weighted by Crippen LogP contribution is 2.21. The number of anilines is 2. The van der Waals surface area contributed by atoms with Crippen molar-refractivity contribution in [3.63, 3.8) is 0 Å². The van der Waals surface area contributed by atoms with E-state index in [0.717, 1.165) is 31.8 Å². The third-order valence-corrected chi connectivity index (χ3v) is 4.48. The van der Waals surface area contributed by atoms with E-state index < -0.39 is 0 Å². The molecular weight excluding hydrogens is 326 g/mol. The van der Waals surface area contributed by atoms with Crippen LogP contribution in [-0.2, 0) is 0 Å². The van der Waals surface area contributed by atoms with Gasteiger partial charge in [0, 0.05) is 25.2 Å². The molecule has 1 fully saturated rings. The molecule has 1 amide bonds. The lowest BCUT2D eigenvalue weighted by molar-refractivity contribution is 0.102. The highest BCUT2D eigenvalue weighted by atomic mass is 16.5. The van der Waals surface area contributed by atoms with Gasteiger partial charge in [-0.25, -0.2) is 0 Å². The summed E-state index contributed by atoms with van der Waals surface area (Å²) in [5, 5.41) is 2.83. The zero-order valence-electron chi connectivity index (χ0n) is 15.4. The van der Waals surface area contributed by atoms with E-state index in [2.05, 4.69) is 24.1 Å². The zero-order valence-corrected chi connectivity index (χ0v) is 15.4. The van der Waals surface area contributed by atoms with E-state index in [-0.39, 0.29) is 12.0 Å². The number of benzene rings is 2. The van der Waals surface area contributed by atoms with Gasteiger partial charge in [0.25, 0.3) is 5.91 Å². The number of nitrogen functional groups attached to an aromatic ring is 1. The molecule has 1 aliphatic rings. The first-order valence-corrected chi connectivity index (χ1v) is 9.16. The van der Waals surface area contributed by atoms with Crippen molar-refractivity contribution in [2.45, 2.75) is 26.4 Å². The second-order valence-corrected chi connectivity index (χ2v) is 7.25. The first-order chi connectivity index (χ1) is 12.5. The second-order valence-electron chi connectivity index (χ2n) is 7.25. The Kier molecular flexibility index (Phi) is 5.78. The van der Waals surface area contributed by atoms with Crippen molar-refractivity contribution < 1.29 is 9.53 Å². The molecule has 1 aliphatic heterocycles. The summed E-state index contributed by atoms with van der Waals surface area (Å²) in [5.41, 5.74) is 7.61. The zero-order chi connectivity index (χ0) is 18.5. The molecule has 2 aromatic carbocycles. The highest BCUT2D eigenvalue weighted by molar-refractivity contribution is 6.05. The average molecular weight is 353 g/mol. The van der Waals surface area contributed by atoms with Gasteiger partial charge >= 0.3 is 0 Å². The predicted octanol–water partition coefficient (Wildman–Crippen LogP) is 3.63. The van der Waals surface area contributed by atoms with Gasteiger partial charge in [-0.3, -0.25) is 9.69 Å². The second kappa shape index (κ2) is 8.23. The monoisotopic (exact) mass is 353 g/mol. The van der Waals surface area contributed by atoms with Gasteiger partial charge in [0.1, 0.15) is 11.9 Å². The molecule has 26 heavy (non-hydrogen) atoms. The molecular formula is C21H27N3O2. The van der Waals surface area contributed by atoms with Crippen molar-refractivity contribution in [3.8, 4) is 5.75 Å². The Labute approximate surface area is 155 Å². The topological polar surface area (TPSA) is 67.6 Å². The first-order valence-electron chi connectivity index (χ1n) is 9.16. The van der Waals surface area contributed by atoms with Gasteiger partial charge in [-0.15, -0.1) is 0 Å². The summed E-state index contributed by atoms with van der Waals surface area (Å²) in [6.07, 6.45) is 1.26. The molecule has 0 saturated carbocycles. The molecule has 0 aliphatic carbocycles. The van der Waals surface area contributed by atoms with Crippen LogP contribution in [0.2, 0.25) is 0 Å². The van der Waals surface area contributed by atoms with Crippen LogP contribution in [-0.4, -0.2) is 36.5 Å². The van der Waals surface area contributed by atoms with E-state index in [0.29, 0.717) is 22.9 Å². The molecule has 1 saturated heterocycles. The van der Waals surface area contributed by atoms with Gasteiger partial charge in [0.15, 0.2) is 0 Å². The summed E-state index contributed by atoms with van der Waals surface area (Å²) in [6, 6.07) is 14.5. The molecule has 1 unspecified atom stereocenters. The summed E-state index contributed by atoms with van der Waals surface area (Å²) in [5.74, 6) is 1.29. The summed E-state index contributed by atoms with van der Waals surface area (Å²) in [7, 11) is 0. The number of carbonyl (C=O) groups excluding carboxylic acids is 1. The summed E-state index contributed by atoms with van der Waals surface area (Å²) >= 11 is 0. The van der Waals surface area contributed by atoms with Crippen LogP contribution in [0.1, 0.15) is 30.6 Å². The highest BCUT2D eigenvalue weighted by Gasteiger charge is 2.24. The fourth-order valence-electron chi connectivity index (χ4n) is 3.26. The lowest BCUT2D eigenvalue weighted by atomic mass is 10.2. The van der Waals surface area contributed by atoms with Crippen molar-refractivity contribution in [2.24, 2.45) is 5.92 Å². The van der Waals surface area contributed by atoms with E-state index >= 15 is 0 Å². The van der Waals surface area contributed by atoms with E-state index in [1.807, 2.05) is 24.3 Å². The molecule has 5 heteroatoms. The Morgan fingerprint density at radius 3 is 2.65 bits per heavy atom. The number of hydrogen-bond donors (Lipinski definition) is 2. The van der Waals surface area contributed by atoms with Gasteiger partial charge < -0.3 is 15.8 Å². The molecule has 2 aromatic rings. The first kappa shape index (κ1) is 18.3. The Hall–Kier alpha value is -2.53. The van der Waals surface area contributed by atoms with Crippen LogP contribution >= 0.6 is 0 Å². The molecule has 138 valence electrons. The minimum atomic E-state index is -0.182. The third kappa shape index (κ3) is 4.76. The van der Waals surface area contributed by atoms with Crippen LogP contribution in [0.4, 0.5) is 11.4 Å². The number of ether oxygens (including phenoxy) is 1. The summed E-state index contributed by atoms with van der Waals surface area (Å²) < 4.78 is 6.07. The minimum absolute atomic E-state index is 0.182. The summed E-state index contributed by atoms with van der Waals surface area (Å²) in [6.45, 7) is 7.64. The third-order valence-electron chi connectivity index (χ3n) is 4.48. The number of carbonyl (C=O) groups is 1. The smallest absolute Gasteiger partial charge is 0.255 e. The quantitative estimate of drug-likeness (QED) is 0.778. The predicted molar refractivity (Wildman–Crippen MR) is 106 cm³/mol. The Bertz CT molecular complexity index is 743. The molecule has 3 N–H and O–H groups in total. The van der Waals surface area contributed by atoms with Crippen molar-refractivity contribution in [1.29, 1.82) is 0 Å². The number of nitrogens with two attached hydrogens (primary N) is 1. The Morgan fingerprint density at radius 2 is 1.96 bits per heavy atom. The molecule has 0 aromatic heterocycles. The van der Waals surface area contributed by atoms with Gasteiger partial charge in [-0.05, 0) is 48.7 Å². The molecule has 0 spiro atoms. The Morgan fingerprint density at radius 1 is 1.23 bits per heavy atom. The van der Waals surface area contributed by atoms with Crippen LogP contribution in [0.3, 0.4) is 0 Å². The van der Waals surface area contributed by atoms with Gasteiger partial charge in [-0.1, -0.05) is 26.0 Å².